The Bertz CT molecular complexity index is 272. The van der Waals surface area contributed by atoms with Crippen molar-refractivity contribution >= 4 is 35.4 Å². The Morgan fingerprint density at radius 1 is 1.36 bits per heavy atom. The van der Waals surface area contributed by atoms with Crippen LogP contribution in [0.2, 0.25) is 0 Å². The minimum absolute atomic E-state index is 0.0968. The van der Waals surface area contributed by atoms with Gasteiger partial charge in [0.2, 0.25) is 0 Å². The summed E-state index contributed by atoms with van der Waals surface area (Å²) in [5.41, 5.74) is 0. The Hall–Kier alpha value is 0.269. The molecule has 11 heavy (non-hydrogen) atoms. The van der Waals surface area contributed by atoms with Crippen LogP contribution in [-0.2, 0) is 0 Å². The molecule has 0 amide bonds. The van der Waals surface area contributed by atoms with E-state index in [2.05, 4.69) is 39.4 Å². The van der Waals surface area contributed by atoms with Gasteiger partial charge >= 0.3 is 83.2 Å². The van der Waals surface area contributed by atoms with Gasteiger partial charge < -0.3 is 0 Å². The van der Waals surface area contributed by atoms with E-state index < -0.39 is 0 Å². The van der Waals surface area contributed by atoms with Crippen LogP contribution in [-0.4, -0.2) is 35.4 Å². The summed E-state index contributed by atoms with van der Waals surface area (Å²) >= 11 is 0.789. The molecule has 0 saturated heterocycles. The molecule has 0 aliphatic carbocycles. The van der Waals surface area contributed by atoms with Gasteiger partial charge in [-0.3, -0.25) is 0 Å². The Labute approximate surface area is 82.8 Å². The fourth-order valence-corrected chi connectivity index (χ4v) is 6.12. The second-order valence-corrected chi connectivity index (χ2v) is 7.29. The molecular weight excluding hydrogens is 315 g/mol. The third-order valence-corrected chi connectivity index (χ3v) is 7.43. The van der Waals surface area contributed by atoms with Crippen molar-refractivity contribution in [3.8, 4) is 0 Å². The fourth-order valence-electron chi connectivity index (χ4n) is 1.00. The summed E-state index contributed by atoms with van der Waals surface area (Å²) in [5, 5.41) is 0. The van der Waals surface area contributed by atoms with Gasteiger partial charge in [0.25, 0.3) is 0 Å². The van der Waals surface area contributed by atoms with Gasteiger partial charge in [-0.15, -0.1) is 0 Å². The summed E-state index contributed by atoms with van der Waals surface area (Å²) in [6.45, 7) is 0. The zero-order chi connectivity index (χ0) is 7.52. The van der Waals surface area contributed by atoms with E-state index in [0.29, 0.717) is 15.0 Å². The zero-order valence-corrected chi connectivity index (χ0v) is 9.98. The summed E-state index contributed by atoms with van der Waals surface area (Å²) in [6.07, 6.45) is 6.70. The molecule has 0 bridgehead atoms. The van der Waals surface area contributed by atoms with Crippen LogP contribution in [0.3, 0.4) is 0 Å². The van der Waals surface area contributed by atoms with Crippen LogP contribution < -0.4 is 0 Å². The van der Waals surface area contributed by atoms with Crippen LogP contribution in [0, 0.1) is 0 Å². The molecule has 56 valence electrons. The van der Waals surface area contributed by atoms with Gasteiger partial charge in [-0.1, -0.05) is 0 Å². The first kappa shape index (κ1) is 7.89. The number of hydrogen-bond acceptors (Lipinski definition) is 0. The van der Waals surface area contributed by atoms with Crippen molar-refractivity contribution in [3.63, 3.8) is 0 Å². The van der Waals surface area contributed by atoms with Gasteiger partial charge in [0.05, 0.1) is 0 Å². The molecule has 1 aromatic heterocycles. The average molecular weight is 323 g/mol. The zero-order valence-electron chi connectivity index (χ0n) is 5.94. The second kappa shape index (κ2) is 3.78. The average Bonchev–Trinajstić information content (AvgIpc) is 2.58. The molecule has 0 spiro atoms. The first-order valence-electron chi connectivity index (χ1n) is 3.49. The molecule has 1 aliphatic rings. The fraction of sp³-hybridized carbons (Fsp3) is 0.111. The van der Waals surface area contributed by atoms with Crippen molar-refractivity contribution < 1.29 is 0 Å². The van der Waals surface area contributed by atoms with E-state index in [9.17, 15) is 0 Å². The molecule has 0 nitrogen and oxygen atoms in total. The molecule has 0 radical (unpaired) electrons. The quantitative estimate of drug-likeness (QED) is 0.689. The van der Waals surface area contributed by atoms with E-state index in [-0.39, 0.29) is 20.4 Å². The van der Waals surface area contributed by atoms with Crippen LogP contribution in [0.25, 0.3) is 0 Å². The van der Waals surface area contributed by atoms with Crippen LogP contribution >= 0.6 is 0 Å². The Kier molecular flexibility index (Phi) is 2.72. The van der Waals surface area contributed by atoms with Gasteiger partial charge in [0, 0.05) is 0 Å². The normalized spacial score (nSPS) is 22.4. The molecule has 1 aromatic rings. The maximum absolute atomic E-state index is 2.36. The Morgan fingerprint density at radius 3 is 3.00 bits per heavy atom. The van der Waals surface area contributed by atoms with Crippen molar-refractivity contribution in [3.05, 3.63) is 43.0 Å². The number of rotatable bonds is 1. The van der Waals surface area contributed by atoms with E-state index in [0.717, 1.165) is 4.82 Å². The van der Waals surface area contributed by atoms with Crippen LogP contribution in [0.5, 0.6) is 0 Å². The van der Waals surface area contributed by atoms with E-state index >= 15 is 0 Å². The standard InChI is InChI=1S/C9H8SeTe/c1-2-6-10-8(4-1)9-5-3-7-11-9/h1-8H. The minimum atomic E-state index is 0.0968. The van der Waals surface area contributed by atoms with Crippen LogP contribution in [0.1, 0.15) is 8.40 Å². The molecule has 1 aliphatic heterocycles. The molecule has 2 heteroatoms. The van der Waals surface area contributed by atoms with Crippen molar-refractivity contribution in [1.29, 1.82) is 0 Å². The molecule has 2 heterocycles. The monoisotopic (exact) mass is 326 g/mol. The predicted octanol–water partition coefficient (Wildman–Crippen LogP) is 1.57. The van der Waals surface area contributed by atoms with E-state index in [1.54, 1.807) is 3.58 Å². The van der Waals surface area contributed by atoms with Crippen molar-refractivity contribution in [2.24, 2.45) is 0 Å². The van der Waals surface area contributed by atoms with E-state index in [1.807, 2.05) is 0 Å². The first-order chi connectivity index (χ1) is 5.47. The van der Waals surface area contributed by atoms with Gasteiger partial charge in [0.1, 0.15) is 0 Å². The molecule has 0 N–H and O–H groups in total. The van der Waals surface area contributed by atoms with Crippen LogP contribution in [0.15, 0.2) is 39.4 Å². The number of allylic oxidation sites excluding steroid dienone is 3. The number of hydrogen-bond donors (Lipinski definition) is 0. The summed E-state index contributed by atoms with van der Waals surface area (Å²) < 4.78 is 4.08. The summed E-state index contributed by atoms with van der Waals surface area (Å²) in [6, 6.07) is 4.54. The van der Waals surface area contributed by atoms with Crippen LogP contribution in [0.4, 0.5) is 0 Å². The molecule has 1 unspecified atom stereocenters. The van der Waals surface area contributed by atoms with Crippen molar-refractivity contribution in [2.75, 3.05) is 0 Å². The van der Waals surface area contributed by atoms with Crippen molar-refractivity contribution in [2.45, 2.75) is 4.82 Å². The Morgan fingerprint density at radius 2 is 2.36 bits per heavy atom. The van der Waals surface area contributed by atoms with Gasteiger partial charge in [-0.05, 0) is 0 Å². The third-order valence-electron chi connectivity index (χ3n) is 1.52. The summed E-state index contributed by atoms with van der Waals surface area (Å²) in [5.74, 6) is 0. The van der Waals surface area contributed by atoms with Gasteiger partial charge in [-0.25, -0.2) is 0 Å². The summed E-state index contributed by atoms with van der Waals surface area (Å²) in [7, 11) is 0. The van der Waals surface area contributed by atoms with E-state index in [4.69, 9.17) is 0 Å². The van der Waals surface area contributed by atoms with Gasteiger partial charge in [-0.2, -0.15) is 0 Å². The SMILES string of the molecule is C1=C[Se]C(c2ccc[te]2)C=C1. The first-order valence-corrected chi connectivity index (χ1v) is 7.98. The molecule has 0 saturated carbocycles. The van der Waals surface area contributed by atoms with Gasteiger partial charge in [0.15, 0.2) is 0 Å². The second-order valence-electron chi connectivity index (χ2n) is 2.29. The summed E-state index contributed by atoms with van der Waals surface area (Å²) in [4.78, 5) is 3.12. The topological polar surface area (TPSA) is 0 Å². The third kappa shape index (κ3) is 1.89. The molecule has 2 rings (SSSR count). The van der Waals surface area contributed by atoms with E-state index in [1.165, 1.54) is 0 Å². The maximum atomic E-state index is 2.36. The predicted molar refractivity (Wildman–Crippen MR) is 50.2 cm³/mol. The molecular formula is C9H8SeTe. The van der Waals surface area contributed by atoms with Crippen molar-refractivity contribution in [1.82, 2.24) is 0 Å². The Balaban J connectivity index is 2.19. The molecule has 0 aromatic carbocycles. The molecule has 0 fully saturated rings. The molecule has 1 atom stereocenters.